The van der Waals surface area contributed by atoms with Gasteiger partial charge in [-0.15, -0.1) is 11.3 Å². The zero-order valence-electron chi connectivity index (χ0n) is 14.7. The van der Waals surface area contributed by atoms with Crippen molar-refractivity contribution >= 4 is 34.8 Å². The van der Waals surface area contributed by atoms with Gasteiger partial charge in [-0.05, 0) is 48.1 Å². The maximum atomic E-state index is 12.8. The second-order valence-electron chi connectivity index (χ2n) is 6.44. The number of amides is 2. The van der Waals surface area contributed by atoms with E-state index in [1.807, 2.05) is 31.4 Å². The van der Waals surface area contributed by atoms with Crippen molar-refractivity contribution in [3.05, 3.63) is 57.2 Å². The van der Waals surface area contributed by atoms with Crippen molar-refractivity contribution in [3.8, 4) is 0 Å². The lowest BCUT2D eigenvalue weighted by atomic mass is 10.0. The summed E-state index contributed by atoms with van der Waals surface area (Å²) < 4.78 is 0. The Hall–Kier alpha value is -1.85. The maximum Gasteiger partial charge on any atom is 0.251 e. The van der Waals surface area contributed by atoms with Crippen LogP contribution in [0.5, 0.6) is 0 Å². The summed E-state index contributed by atoms with van der Waals surface area (Å²) in [5, 5.41) is 5.43. The van der Waals surface area contributed by atoms with Gasteiger partial charge in [-0.3, -0.25) is 9.59 Å². The van der Waals surface area contributed by atoms with Gasteiger partial charge >= 0.3 is 0 Å². The van der Waals surface area contributed by atoms with Crippen molar-refractivity contribution in [1.29, 1.82) is 0 Å². The van der Waals surface area contributed by atoms with Crippen LogP contribution >= 0.6 is 22.9 Å². The van der Waals surface area contributed by atoms with Crippen LogP contribution in [0.3, 0.4) is 0 Å². The fourth-order valence-electron chi connectivity index (χ4n) is 2.52. The maximum absolute atomic E-state index is 12.8. The van der Waals surface area contributed by atoms with Crippen LogP contribution in [0.4, 0.5) is 0 Å². The molecule has 2 rings (SSSR count). The van der Waals surface area contributed by atoms with Crippen LogP contribution in [-0.2, 0) is 11.3 Å². The lowest BCUT2D eigenvalue weighted by Crippen LogP contribution is -2.47. The van der Waals surface area contributed by atoms with Gasteiger partial charge in [0.25, 0.3) is 5.91 Å². The molecule has 0 saturated carbocycles. The molecule has 4 nitrogen and oxygen atoms in total. The summed E-state index contributed by atoms with van der Waals surface area (Å²) in [6, 6.07) is 10.1. The molecule has 0 aliphatic carbocycles. The van der Waals surface area contributed by atoms with Gasteiger partial charge < -0.3 is 10.2 Å². The summed E-state index contributed by atoms with van der Waals surface area (Å²) in [7, 11) is 1.77. The number of rotatable bonds is 7. The van der Waals surface area contributed by atoms with Crippen molar-refractivity contribution in [2.24, 2.45) is 5.92 Å². The predicted octanol–water partition coefficient (Wildman–Crippen LogP) is 4.20. The Balaban J connectivity index is 2.07. The molecular formula is C19H23ClN2O2S. The number of carbonyl (C=O) groups is 2. The molecule has 0 spiro atoms. The third kappa shape index (κ3) is 5.87. The Bertz CT molecular complexity index is 699. The van der Waals surface area contributed by atoms with E-state index >= 15 is 0 Å². The highest BCUT2D eigenvalue weighted by molar-refractivity contribution is 7.09. The smallest absolute Gasteiger partial charge is 0.251 e. The van der Waals surface area contributed by atoms with Crippen molar-refractivity contribution in [2.75, 3.05) is 7.05 Å². The van der Waals surface area contributed by atoms with Gasteiger partial charge in [0.15, 0.2) is 0 Å². The number of carbonyl (C=O) groups excluding carboxylic acids is 2. The summed E-state index contributed by atoms with van der Waals surface area (Å²) in [6.07, 6.45) is 0.590. The van der Waals surface area contributed by atoms with Gasteiger partial charge in [-0.25, -0.2) is 0 Å². The molecule has 0 aliphatic rings. The molecule has 25 heavy (non-hydrogen) atoms. The predicted molar refractivity (Wildman–Crippen MR) is 103 cm³/mol. The molecule has 134 valence electrons. The molecule has 1 unspecified atom stereocenters. The van der Waals surface area contributed by atoms with E-state index in [1.54, 1.807) is 47.5 Å². The molecule has 1 aromatic heterocycles. The van der Waals surface area contributed by atoms with Gasteiger partial charge in [0.2, 0.25) is 5.91 Å². The lowest BCUT2D eigenvalue weighted by Gasteiger charge is -2.25. The second kappa shape index (κ2) is 9.02. The van der Waals surface area contributed by atoms with Crippen LogP contribution in [0.15, 0.2) is 41.8 Å². The van der Waals surface area contributed by atoms with E-state index in [4.69, 9.17) is 11.6 Å². The summed E-state index contributed by atoms with van der Waals surface area (Å²) in [6.45, 7) is 4.61. The van der Waals surface area contributed by atoms with E-state index in [2.05, 4.69) is 5.32 Å². The topological polar surface area (TPSA) is 49.4 Å². The third-order valence-electron chi connectivity index (χ3n) is 3.77. The van der Waals surface area contributed by atoms with E-state index < -0.39 is 6.04 Å². The van der Waals surface area contributed by atoms with E-state index in [-0.39, 0.29) is 17.7 Å². The zero-order chi connectivity index (χ0) is 18.4. The van der Waals surface area contributed by atoms with Crippen LogP contribution in [0.25, 0.3) is 0 Å². The number of thiophene rings is 1. The van der Waals surface area contributed by atoms with Crippen LogP contribution in [0.2, 0.25) is 5.02 Å². The molecule has 1 N–H and O–H groups in total. The Morgan fingerprint density at radius 3 is 2.44 bits per heavy atom. The lowest BCUT2D eigenvalue weighted by molar-refractivity contribution is -0.132. The minimum Gasteiger partial charge on any atom is -0.340 e. The number of likely N-dealkylation sites (N-methyl/N-ethyl adjacent to an activating group) is 1. The molecule has 0 radical (unpaired) electrons. The highest BCUT2D eigenvalue weighted by atomic mass is 35.5. The third-order valence-corrected chi connectivity index (χ3v) is 4.88. The summed E-state index contributed by atoms with van der Waals surface area (Å²) >= 11 is 7.47. The largest absolute Gasteiger partial charge is 0.340 e. The van der Waals surface area contributed by atoms with E-state index in [9.17, 15) is 9.59 Å². The number of benzene rings is 1. The Morgan fingerprint density at radius 1 is 1.20 bits per heavy atom. The van der Waals surface area contributed by atoms with Crippen molar-refractivity contribution in [2.45, 2.75) is 32.9 Å². The Kier molecular flexibility index (Phi) is 7.02. The minimum atomic E-state index is -0.548. The molecule has 2 amide bonds. The Morgan fingerprint density at radius 2 is 1.88 bits per heavy atom. The van der Waals surface area contributed by atoms with Gasteiger partial charge in [0.05, 0.1) is 6.54 Å². The van der Waals surface area contributed by atoms with Gasteiger partial charge in [0, 0.05) is 22.5 Å². The summed E-state index contributed by atoms with van der Waals surface area (Å²) in [5.41, 5.74) is 0.492. The number of nitrogens with zero attached hydrogens (tertiary/aromatic N) is 1. The average molecular weight is 379 g/mol. The second-order valence-corrected chi connectivity index (χ2v) is 7.90. The van der Waals surface area contributed by atoms with Crippen molar-refractivity contribution in [1.82, 2.24) is 10.2 Å². The molecule has 6 heteroatoms. The van der Waals surface area contributed by atoms with Gasteiger partial charge in [0.1, 0.15) is 6.04 Å². The number of hydrogen-bond donors (Lipinski definition) is 1. The fraction of sp³-hybridized carbons (Fsp3) is 0.368. The van der Waals surface area contributed by atoms with Crippen LogP contribution in [0.1, 0.15) is 35.5 Å². The van der Waals surface area contributed by atoms with Crippen molar-refractivity contribution < 1.29 is 9.59 Å². The quantitative estimate of drug-likeness (QED) is 0.784. The van der Waals surface area contributed by atoms with E-state index in [1.165, 1.54) is 0 Å². The highest BCUT2D eigenvalue weighted by Crippen LogP contribution is 2.15. The number of hydrogen-bond acceptors (Lipinski definition) is 3. The minimum absolute atomic E-state index is 0.0792. The van der Waals surface area contributed by atoms with Crippen molar-refractivity contribution in [3.63, 3.8) is 0 Å². The summed E-state index contributed by atoms with van der Waals surface area (Å²) in [4.78, 5) is 28.1. The summed E-state index contributed by atoms with van der Waals surface area (Å²) in [5.74, 6) is -0.0563. The fourth-order valence-corrected chi connectivity index (χ4v) is 3.40. The van der Waals surface area contributed by atoms with Crippen LogP contribution < -0.4 is 5.32 Å². The van der Waals surface area contributed by atoms with E-state index in [0.717, 1.165) is 4.88 Å². The molecule has 1 atom stereocenters. The SMILES string of the molecule is CC(C)CC(NC(=O)c1ccc(Cl)cc1)C(=O)N(C)Cc1cccs1. The van der Waals surface area contributed by atoms with Crippen LogP contribution in [0, 0.1) is 5.92 Å². The first kappa shape index (κ1) is 19.5. The molecule has 0 aliphatic heterocycles. The monoisotopic (exact) mass is 378 g/mol. The Labute approximate surface area is 157 Å². The molecule has 0 saturated heterocycles. The molecular weight excluding hydrogens is 356 g/mol. The number of nitrogens with one attached hydrogen (secondary N) is 1. The molecule has 0 bridgehead atoms. The molecule has 2 aromatic rings. The highest BCUT2D eigenvalue weighted by Gasteiger charge is 2.25. The van der Waals surface area contributed by atoms with Gasteiger partial charge in [-0.2, -0.15) is 0 Å². The van der Waals surface area contributed by atoms with Gasteiger partial charge in [-0.1, -0.05) is 31.5 Å². The average Bonchev–Trinajstić information content (AvgIpc) is 3.06. The van der Waals surface area contributed by atoms with Crippen LogP contribution in [-0.4, -0.2) is 29.8 Å². The standard InChI is InChI=1S/C19H23ClN2O2S/c1-13(2)11-17(19(24)22(3)12-16-5-4-10-25-16)21-18(23)14-6-8-15(20)9-7-14/h4-10,13,17H,11-12H2,1-3H3,(H,21,23). The first-order valence-corrected chi connectivity index (χ1v) is 9.46. The molecule has 0 fully saturated rings. The molecule has 1 heterocycles. The first-order chi connectivity index (χ1) is 11.9. The first-order valence-electron chi connectivity index (χ1n) is 8.20. The molecule has 1 aromatic carbocycles. The zero-order valence-corrected chi connectivity index (χ0v) is 16.2. The number of halogens is 1. The normalized spacial score (nSPS) is 12.0. The van der Waals surface area contributed by atoms with E-state index in [0.29, 0.717) is 23.6 Å².